The van der Waals surface area contributed by atoms with Crippen LogP contribution in [0, 0.1) is 0 Å². The highest BCUT2D eigenvalue weighted by atomic mass is 32.2. The van der Waals surface area contributed by atoms with Crippen molar-refractivity contribution >= 4 is 16.9 Å². The third-order valence-electron chi connectivity index (χ3n) is 3.34. The van der Waals surface area contributed by atoms with Crippen molar-refractivity contribution in [3.63, 3.8) is 0 Å². The molecule has 3 nitrogen and oxygen atoms in total. The predicted molar refractivity (Wildman–Crippen MR) is 81.5 cm³/mol. The molecule has 1 N–H and O–H groups in total. The average Bonchev–Trinajstić information content (AvgIpc) is 2.33. The van der Waals surface area contributed by atoms with Crippen molar-refractivity contribution < 1.29 is 4.74 Å². The van der Waals surface area contributed by atoms with Crippen LogP contribution in [0.4, 0.5) is 0 Å². The lowest BCUT2D eigenvalue weighted by Gasteiger charge is -2.35. The molecule has 1 saturated heterocycles. The summed E-state index contributed by atoms with van der Waals surface area (Å²) < 4.78 is 5.52. The number of nitrogens with one attached hydrogen (secondary N) is 1. The summed E-state index contributed by atoms with van der Waals surface area (Å²) in [6.07, 6.45) is 4.95. The molecule has 4 heteroatoms. The van der Waals surface area contributed by atoms with Crippen LogP contribution < -0.4 is 5.32 Å². The van der Waals surface area contributed by atoms with E-state index in [4.69, 9.17) is 4.74 Å². The quantitative estimate of drug-likeness (QED) is 0.721. The van der Waals surface area contributed by atoms with Gasteiger partial charge in [-0.2, -0.15) is 0 Å². The molecule has 1 aliphatic heterocycles. The van der Waals surface area contributed by atoms with Gasteiger partial charge in [0, 0.05) is 24.4 Å². The minimum absolute atomic E-state index is 0.255. The number of ether oxygens (including phenoxy) is 1. The molecule has 1 heterocycles. The second kappa shape index (κ2) is 8.05. The summed E-state index contributed by atoms with van der Waals surface area (Å²) in [5.74, 6) is 1.19. The van der Waals surface area contributed by atoms with Crippen molar-refractivity contribution in [3.8, 4) is 0 Å². The monoisotopic (exact) mass is 272 g/mol. The highest BCUT2D eigenvalue weighted by Crippen LogP contribution is 2.24. The molecule has 0 aromatic rings. The Labute approximate surface area is 116 Å². The summed E-state index contributed by atoms with van der Waals surface area (Å²) >= 11 is 1.86. The number of hydrogen-bond acceptors (Lipinski definition) is 3. The molecule has 0 radical (unpaired) electrons. The Morgan fingerprint density at radius 3 is 2.89 bits per heavy atom. The molecular formula is C14H28N2OS. The lowest BCUT2D eigenvalue weighted by atomic mass is 9.96. The Morgan fingerprint density at radius 1 is 1.44 bits per heavy atom. The van der Waals surface area contributed by atoms with Gasteiger partial charge in [-0.3, -0.25) is 4.99 Å². The van der Waals surface area contributed by atoms with Gasteiger partial charge in [0.1, 0.15) is 0 Å². The zero-order chi connectivity index (χ0) is 13.4. The molecular weight excluding hydrogens is 244 g/mol. The number of amidine groups is 1. The molecule has 0 spiro atoms. The first kappa shape index (κ1) is 15.8. The zero-order valence-corrected chi connectivity index (χ0v) is 13.1. The van der Waals surface area contributed by atoms with Gasteiger partial charge in [0.05, 0.1) is 6.10 Å². The van der Waals surface area contributed by atoms with Gasteiger partial charge in [-0.25, -0.2) is 0 Å². The zero-order valence-electron chi connectivity index (χ0n) is 12.3. The first-order chi connectivity index (χ1) is 8.56. The van der Waals surface area contributed by atoms with Crippen molar-refractivity contribution in [1.82, 2.24) is 5.32 Å². The summed E-state index contributed by atoms with van der Waals surface area (Å²) in [4.78, 5) is 4.66. The molecule has 1 aliphatic rings. The van der Waals surface area contributed by atoms with Gasteiger partial charge in [0.15, 0.2) is 5.17 Å². The lowest BCUT2D eigenvalue weighted by Crippen LogP contribution is -2.48. The fourth-order valence-electron chi connectivity index (χ4n) is 1.79. The predicted octanol–water partition coefficient (Wildman–Crippen LogP) is 3.44. The minimum atomic E-state index is 0.255. The van der Waals surface area contributed by atoms with Crippen LogP contribution in [-0.2, 0) is 4.74 Å². The second-order valence-electron chi connectivity index (χ2n) is 5.45. The number of nitrogens with zero attached hydrogens (tertiary/aromatic N) is 1. The summed E-state index contributed by atoms with van der Waals surface area (Å²) in [5.41, 5.74) is 0.255. The molecule has 1 rings (SSSR count). The highest BCUT2D eigenvalue weighted by Gasteiger charge is 2.27. The topological polar surface area (TPSA) is 33.6 Å². The average molecular weight is 272 g/mol. The van der Waals surface area contributed by atoms with E-state index in [-0.39, 0.29) is 5.54 Å². The Balaban J connectivity index is 2.18. The highest BCUT2D eigenvalue weighted by molar-refractivity contribution is 8.13. The van der Waals surface area contributed by atoms with Crippen LogP contribution in [0.1, 0.15) is 53.4 Å². The van der Waals surface area contributed by atoms with E-state index in [1.165, 1.54) is 12.2 Å². The van der Waals surface area contributed by atoms with Crippen molar-refractivity contribution in [2.45, 2.75) is 65.0 Å². The van der Waals surface area contributed by atoms with Crippen LogP contribution in [0.25, 0.3) is 0 Å². The Morgan fingerprint density at radius 2 is 2.22 bits per heavy atom. The molecule has 1 atom stereocenters. The molecule has 1 unspecified atom stereocenters. The van der Waals surface area contributed by atoms with Crippen LogP contribution in [0.15, 0.2) is 4.99 Å². The van der Waals surface area contributed by atoms with E-state index in [0.717, 1.165) is 37.6 Å². The van der Waals surface area contributed by atoms with Crippen LogP contribution in [0.5, 0.6) is 0 Å². The second-order valence-corrected chi connectivity index (χ2v) is 6.53. The molecule has 0 aliphatic carbocycles. The minimum Gasteiger partial charge on any atom is -0.379 e. The number of aliphatic imine (C=N–C) groups is 1. The van der Waals surface area contributed by atoms with Crippen LogP contribution in [-0.4, -0.2) is 35.7 Å². The van der Waals surface area contributed by atoms with Gasteiger partial charge in [-0.1, -0.05) is 18.7 Å². The van der Waals surface area contributed by atoms with Gasteiger partial charge in [-0.15, -0.1) is 0 Å². The molecule has 18 heavy (non-hydrogen) atoms. The smallest absolute Gasteiger partial charge is 0.156 e. The maximum atomic E-state index is 5.52. The van der Waals surface area contributed by atoms with E-state index in [9.17, 15) is 0 Å². The molecule has 0 aromatic heterocycles. The first-order valence-corrected chi connectivity index (χ1v) is 8.11. The Hall–Kier alpha value is -0.220. The maximum Gasteiger partial charge on any atom is 0.156 e. The number of thioether (sulfide) groups is 1. The Kier molecular flexibility index (Phi) is 7.08. The van der Waals surface area contributed by atoms with E-state index in [1.807, 2.05) is 11.8 Å². The number of rotatable bonds is 7. The van der Waals surface area contributed by atoms with Gasteiger partial charge in [0.2, 0.25) is 0 Å². The van der Waals surface area contributed by atoms with Crippen molar-refractivity contribution in [3.05, 3.63) is 0 Å². The largest absolute Gasteiger partial charge is 0.379 e. The number of unbranched alkanes of at least 4 members (excludes halogenated alkanes) is 1. The lowest BCUT2D eigenvalue weighted by molar-refractivity contribution is 0.0764. The fourth-order valence-corrected chi connectivity index (χ4v) is 3.04. The molecule has 1 fully saturated rings. The molecule has 0 saturated carbocycles. The Bertz CT molecular complexity index is 269. The van der Waals surface area contributed by atoms with E-state index in [2.05, 4.69) is 38.0 Å². The normalized spacial score (nSPS) is 26.6. The number of hydrogen-bond donors (Lipinski definition) is 1. The maximum absolute atomic E-state index is 5.52. The molecule has 106 valence electrons. The van der Waals surface area contributed by atoms with E-state index < -0.39 is 0 Å². The summed E-state index contributed by atoms with van der Waals surface area (Å²) in [6, 6.07) is 0. The summed E-state index contributed by atoms with van der Waals surface area (Å²) in [5, 5.41) is 4.70. The van der Waals surface area contributed by atoms with E-state index >= 15 is 0 Å². The fraction of sp³-hybridized carbons (Fsp3) is 0.929. The summed E-state index contributed by atoms with van der Waals surface area (Å²) in [6.45, 7) is 10.5. The van der Waals surface area contributed by atoms with Crippen LogP contribution in [0.3, 0.4) is 0 Å². The molecule has 0 amide bonds. The van der Waals surface area contributed by atoms with Crippen LogP contribution >= 0.6 is 11.8 Å². The van der Waals surface area contributed by atoms with Gasteiger partial charge < -0.3 is 10.1 Å². The van der Waals surface area contributed by atoms with E-state index in [1.54, 1.807) is 0 Å². The third kappa shape index (κ3) is 6.10. The van der Waals surface area contributed by atoms with Crippen molar-refractivity contribution in [1.29, 1.82) is 0 Å². The SMILES string of the molecule is CCC1(C)CCSC(=NCCCCOC(C)C)N1. The van der Waals surface area contributed by atoms with Gasteiger partial charge in [0.25, 0.3) is 0 Å². The molecule has 0 aromatic carbocycles. The van der Waals surface area contributed by atoms with E-state index in [0.29, 0.717) is 6.10 Å². The van der Waals surface area contributed by atoms with Crippen LogP contribution in [0.2, 0.25) is 0 Å². The third-order valence-corrected chi connectivity index (χ3v) is 4.25. The van der Waals surface area contributed by atoms with Crippen molar-refractivity contribution in [2.24, 2.45) is 4.99 Å². The van der Waals surface area contributed by atoms with Crippen molar-refractivity contribution in [2.75, 3.05) is 18.9 Å². The first-order valence-electron chi connectivity index (χ1n) is 7.13. The summed E-state index contributed by atoms with van der Waals surface area (Å²) in [7, 11) is 0. The van der Waals surface area contributed by atoms with Gasteiger partial charge >= 0.3 is 0 Å². The molecule has 0 bridgehead atoms. The van der Waals surface area contributed by atoms with Gasteiger partial charge in [-0.05, 0) is 46.5 Å². The standard InChI is InChI=1S/C14H28N2OS/c1-5-14(4)8-11-18-13(16-14)15-9-6-7-10-17-12(2)3/h12H,5-11H2,1-4H3,(H,15,16).